The number of hydrogen-bond acceptors (Lipinski definition) is 5. The van der Waals surface area contributed by atoms with Crippen LogP contribution < -0.4 is 15.4 Å². The highest BCUT2D eigenvalue weighted by Gasteiger charge is 2.07. The Balaban J connectivity index is 0.00000225. The third-order valence-corrected chi connectivity index (χ3v) is 4.07. The molecule has 1 aromatic carbocycles. The number of hydrogen-bond donors (Lipinski definition) is 2. The Morgan fingerprint density at radius 2 is 1.88 bits per heavy atom. The summed E-state index contributed by atoms with van der Waals surface area (Å²) >= 11 is 1.38. The molecule has 0 aliphatic rings. The van der Waals surface area contributed by atoms with Crippen LogP contribution in [0.5, 0.6) is 5.75 Å². The Labute approximate surface area is 155 Å². The summed E-state index contributed by atoms with van der Waals surface area (Å²) in [7, 11) is 1.62. The monoisotopic (exact) mass is 376 g/mol. The number of anilines is 1. The minimum Gasteiger partial charge on any atom is -0.497 e. The highest BCUT2D eigenvalue weighted by molar-refractivity contribution is 7.14. The molecule has 25 heavy (non-hydrogen) atoms. The Morgan fingerprint density at radius 1 is 1.16 bits per heavy atom. The van der Waals surface area contributed by atoms with Crippen LogP contribution in [-0.2, 0) is 6.54 Å². The fourth-order valence-corrected chi connectivity index (χ4v) is 2.77. The van der Waals surface area contributed by atoms with Gasteiger partial charge >= 0.3 is 6.03 Å². The van der Waals surface area contributed by atoms with Gasteiger partial charge in [0.15, 0.2) is 5.13 Å². The van der Waals surface area contributed by atoms with Gasteiger partial charge in [-0.3, -0.25) is 10.3 Å². The van der Waals surface area contributed by atoms with Crippen molar-refractivity contribution in [2.45, 2.75) is 6.54 Å². The predicted molar refractivity (Wildman–Crippen MR) is 101 cm³/mol. The van der Waals surface area contributed by atoms with Crippen molar-refractivity contribution in [3.05, 3.63) is 59.7 Å². The molecule has 0 atom stereocenters. The molecule has 6 nitrogen and oxygen atoms in total. The van der Waals surface area contributed by atoms with Crippen molar-refractivity contribution >= 4 is 34.9 Å². The number of amides is 2. The smallest absolute Gasteiger partial charge is 0.321 e. The van der Waals surface area contributed by atoms with E-state index in [1.807, 2.05) is 41.8 Å². The molecule has 8 heteroatoms. The van der Waals surface area contributed by atoms with Crippen molar-refractivity contribution in [2.75, 3.05) is 12.4 Å². The number of thiazole rings is 1. The molecule has 0 saturated carbocycles. The molecule has 0 radical (unpaired) electrons. The molecule has 0 spiro atoms. The van der Waals surface area contributed by atoms with Gasteiger partial charge in [0.2, 0.25) is 0 Å². The lowest BCUT2D eigenvalue weighted by atomic mass is 10.2. The van der Waals surface area contributed by atoms with Gasteiger partial charge in [-0.05, 0) is 29.8 Å². The number of nitrogens with zero attached hydrogens (tertiary/aromatic N) is 2. The second kappa shape index (κ2) is 9.00. The van der Waals surface area contributed by atoms with Gasteiger partial charge < -0.3 is 10.1 Å². The molecule has 3 rings (SSSR count). The molecule has 130 valence electrons. The summed E-state index contributed by atoms with van der Waals surface area (Å²) in [6, 6.07) is 11.0. The molecule has 2 aromatic heterocycles. The second-order valence-electron chi connectivity index (χ2n) is 4.93. The second-order valence-corrected chi connectivity index (χ2v) is 5.79. The zero-order valence-corrected chi connectivity index (χ0v) is 15.1. The molecule has 0 aliphatic carbocycles. The van der Waals surface area contributed by atoms with E-state index in [9.17, 15) is 4.79 Å². The molecular weight excluding hydrogens is 360 g/mol. The average molecular weight is 377 g/mol. The average Bonchev–Trinajstić information content (AvgIpc) is 3.09. The van der Waals surface area contributed by atoms with Crippen LogP contribution in [0.25, 0.3) is 11.3 Å². The number of nitrogens with one attached hydrogen (secondary N) is 2. The first-order chi connectivity index (χ1) is 11.7. The number of urea groups is 1. The maximum absolute atomic E-state index is 12.0. The Bertz CT molecular complexity index is 809. The van der Waals surface area contributed by atoms with Crippen molar-refractivity contribution in [2.24, 2.45) is 0 Å². The van der Waals surface area contributed by atoms with Gasteiger partial charge in [0.25, 0.3) is 0 Å². The van der Waals surface area contributed by atoms with Crippen LogP contribution in [-0.4, -0.2) is 23.1 Å². The first kappa shape index (κ1) is 18.7. The summed E-state index contributed by atoms with van der Waals surface area (Å²) in [5, 5.41) is 7.99. The van der Waals surface area contributed by atoms with Crippen LogP contribution in [0.15, 0.2) is 54.2 Å². The number of carbonyl (C=O) groups is 1. The number of halogens is 1. The van der Waals surface area contributed by atoms with Crippen LogP contribution in [0.1, 0.15) is 5.56 Å². The van der Waals surface area contributed by atoms with E-state index in [0.29, 0.717) is 11.7 Å². The number of rotatable bonds is 5. The van der Waals surface area contributed by atoms with Crippen LogP contribution in [0.3, 0.4) is 0 Å². The van der Waals surface area contributed by atoms with E-state index < -0.39 is 0 Å². The minimum atomic E-state index is -0.290. The van der Waals surface area contributed by atoms with Gasteiger partial charge in [0.1, 0.15) is 5.75 Å². The third kappa shape index (κ3) is 5.17. The summed E-state index contributed by atoms with van der Waals surface area (Å²) in [4.78, 5) is 20.3. The van der Waals surface area contributed by atoms with E-state index >= 15 is 0 Å². The fourth-order valence-electron chi connectivity index (χ4n) is 2.05. The molecule has 2 N–H and O–H groups in total. The molecule has 0 unspecified atom stereocenters. The minimum absolute atomic E-state index is 0. The largest absolute Gasteiger partial charge is 0.497 e. The van der Waals surface area contributed by atoms with Gasteiger partial charge in [0, 0.05) is 29.9 Å². The number of pyridine rings is 1. The van der Waals surface area contributed by atoms with Crippen LogP contribution in [0.4, 0.5) is 9.93 Å². The number of ether oxygens (including phenoxy) is 1. The van der Waals surface area contributed by atoms with Crippen molar-refractivity contribution in [1.29, 1.82) is 0 Å². The summed E-state index contributed by atoms with van der Waals surface area (Å²) in [6.07, 6.45) is 3.42. The Hall–Kier alpha value is -2.64. The van der Waals surface area contributed by atoms with E-state index in [4.69, 9.17) is 4.74 Å². The maximum atomic E-state index is 12.0. The Kier molecular flexibility index (Phi) is 6.73. The number of methoxy groups -OCH3 is 1. The third-order valence-electron chi connectivity index (χ3n) is 3.31. The zero-order valence-electron chi connectivity index (χ0n) is 13.4. The van der Waals surface area contributed by atoms with E-state index in [2.05, 4.69) is 20.6 Å². The lowest BCUT2D eigenvalue weighted by Crippen LogP contribution is -2.28. The Morgan fingerprint density at radius 3 is 2.56 bits per heavy atom. The highest BCUT2D eigenvalue weighted by atomic mass is 35.5. The normalized spacial score (nSPS) is 9.80. The molecule has 0 saturated heterocycles. The molecule has 0 bridgehead atoms. The zero-order chi connectivity index (χ0) is 16.8. The molecule has 0 aliphatic heterocycles. The SMILES string of the molecule is COc1ccc(CNC(=O)Nc2nc(-c3ccncc3)cs2)cc1.Cl. The van der Waals surface area contributed by atoms with Crippen molar-refractivity contribution in [3.8, 4) is 17.0 Å². The van der Waals surface area contributed by atoms with E-state index in [0.717, 1.165) is 22.6 Å². The predicted octanol–water partition coefficient (Wildman–Crippen LogP) is 3.96. The maximum Gasteiger partial charge on any atom is 0.321 e. The van der Waals surface area contributed by atoms with Gasteiger partial charge in [-0.15, -0.1) is 23.7 Å². The van der Waals surface area contributed by atoms with Crippen molar-refractivity contribution in [1.82, 2.24) is 15.3 Å². The lowest BCUT2D eigenvalue weighted by molar-refractivity contribution is 0.251. The van der Waals surface area contributed by atoms with Gasteiger partial charge in [-0.25, -0.2) is 9.78 Å². The number of carbonyl (C=O) groups excluding carboxylic acids is 1. The summed E-state index contributed by atoms with van der Waals surface area (Å²) in [5.74, 6) is 0.787. The van der Waals surface area contributed by atoms with Gasteiger partial charge in [0.05, 0.1) is 12.8 Å². The topological polar surface area (TPSA) is 76.1 Å². The highest BCUT2D eigenvalue weighted by Crippen LogP contribution is 2.24. The first-order valence-electron chi connectivity index (χ1n) is 7.28. The van der Waals surface area contributed by atoms with E-state index in [1.54, 1.807) is 19.5 Å². The van der Waals surface area contributed by atoms with Crippen LogP contribution >= 0.6 is 23.7 Å². The quantitative estimate of drug-likeness (QED) is 0.706. The number of benzene rings is 1. The van der Waals surface area contributed by atoms with Crippen molar-refractivity contribution < 1.29 is 9.53 Å². The molecule has 2 heterocycles. The van der Waals surface area contributed by atoms with E-state index in [-0.39, 0.29) is 18.4 Å². The molecular formula is C17H17ClN4O2S. The molecule has 2 amide bonds. The lowest BCUT2D eigenvalue weighted by Gasteiger charge is -2.06. The van der Waals surface area contributed by atoms with Gasteiger partial charge in [-0.1, -0.05) is 12.1 Å². The fraction of sp³-hybridized carbons (Fsp3) is 0.118. The summed E-state index contributed by atoms with van der Waals surface area (Å²) in [6.45, 7) is 0.429. The number of aromatic nitrogens is 2. The summed E-state index contributed by atoms with van der Waals surface area (Å²) in [5.41, 5.74) is 2.77. The van der Waals surface area contributed by atoms with Gasteiger partial charge in [-0.2, -0.15) is 0 Å². The summed E-state index contributed by atoms with van der Waals surface area (Å²) < 4.78 is 5.10. The van der Waals surface area contributed by atoms with Crippen molar-refractivity contribution in [3.63, 3.8) is 0 Å². The van der Waals surface area contributed by atoms with Crippen LogP contribution in [0.2, 0.25) is 0 Å². The van der Waals surface area contributed by atoms with E-state index in [1.165, 1.54) is 11.3 Å². The molecule has 3 aromatic rings. The standard InChI is InChI=1S/C17H16N4O2S.ClH/c1-23-14-4-2-12(3-5-14)10-19-16(22)21-17-20-15(11-24-17)13-6-8-18-9-7-13;/h2-9,11H,10H2,1H3,(H2,19,20,21,22);1H. The van der Waals surface area contributed by atoms with Crippen LogP contribution in [0, 0.1) is 0 Å². The molecule has 0 fully saturated rings. The first-order valence-corrected chi connectivity index (χ1v) is 8.16.